The van der Waals surface area contributed by atoms with E-state index in [4.69, 9.17) is 9.47 Å². The summed E-state index contributed by atoms with van der Waals surface area (Å²) in [5, 5.41) is 0. The summed E-state index contributed by atoms with van der Waals surface area (Å²) in [6.45, 7) is 5.43. The van der Waals surface area contributed by atoms with Crippen LogP contribution in [0.5, 0.6) is 11.5 Å². The minimum Gasteiger partial charge on any atom is -0.484 e. The lowest BCUT2D eigenvalue weighted by Gasteiger charge is -2.40. The van der Waals surface area contributed by atoms with E-state index in [9.17, 15) is 4.79 Å². The van der Waals surface area contributed by atoms with Gasteiger partial charge in [-0.1, -0.05) is 18.2 Å². The van der Waals surface area contributed by atoms with Crippen molar-refractivity contribution in [3.05, 3.63) is 71.9 Å². The molecule has 0 spiro atoms. The zero-order valence-corrected chi connectivity index (χ0v) is 18.6. The molecular formula is C26H24N4O3. The van der Waals surface area contributed by atoms with Crippen LogP contribution in [0.2, 0.25) is 0 Å². The molecule has 0 unspecified atom stereocenters. The molecule has 0 fully saturated rings. The van der Waals surface area contributed by atoms with Crippen LogP contribution >= 0.6 is 0 Å². The number of ether oxygens (including phenoxy) is 2. The van der Waals surface area contributed by atoms with Crippen molar-refractivity contribution in [1.82, 2.24) is 4.98 Å². The summed E-state index contributed by atoms with van der Waals surface area (Å²) >= 11 is 0. The molecule has 1 amide bonds. The summed E-state index contributed by atoms with van der Waals surface area (Å²) in [7, 11) is 0. The van der Waals surface area contributed by atoms with Crippen LogP contribution in [-0.2, 0) is 11.2 Å². The van der Waals surface area contributed by atoms with E-state index in [0.717, 1.165) is 52.8 Å². The van der Waals surface area contributed by atoms with Gasteiger partial charge in [0.1, 0.15) is 41.9 Å². The Bertz CT molecular complexity index is 1290. The number of hydrogen-bond donors (Lipinski definition) is 0. The van der Waals surface area contributed by atoms with Crippen LogP contribution in [0.15, 0.2) is 65.8 Å². The first-order chi connectivity index (χ1) is 16.0. The van der Waals surface area contributed by atoms with Crippen LogP contribution in [0.4, 0.5) is 17.2 Å². The first-order valence-corrected chi connectivity index (χ1v) is 11.1. The summed E-state index contributed by atoms with van der Waals surface area (Å²) in [5.41, 5.74) is 3.70. The lowest BCUT2D eigenvalue weighted by atomic mass is 10.00. The van der Waals surface area contributed by atoms with Crippen molar-refractivity contribution in [3.63, 3.8) is 0 Å². The molecule has 1 aromatic heterocycles. The zero-order chi connectivity index (χ0) is 22.6. The molecule has 2 aromatic carbocycles. The van der Waals surface area contributed by atoms with Crippen LogP contribution in [0.3, 0.4) is 0 Å². The predicted molar refractivity (Wildman–Crippen MR) is 127 cm³/mol. The first-order valence-electron chi connectivity index (χ1n) is 11.1. The van der Waals surface area contributed by atoms with E-state index >= 15 is 0 Å². The molecule has 7 nitrogen and oxygen atoms in total. The Morgan fingerprint density at radius 3 is 2.58 bits per heavy atom. The number of pyridine rings is 1. The lowest BCUT2D eigenvalue weighted by molar-refractivity contribution is -0.115. The molecule has 0 aliphatic carbocycles. The van der Waals surface area contributed by atoms with Crippen LogP contribution in [-0.4, -0.2) is 42.0 Å². The molecule has 0 bridgehead atoms. The van der Waals surface area contributed by atoms with E-state index in [2.05, 4.69) is 46.9 Å². The second-order valence-corrected chi connectivity index (χ2v) is 9.17. The standard InChI is InChI=1S/C26H24N4O3/c1-26(2)16-29(23-5-3-4-10-27-23)19-8-6-18(13-22(19)33-26)11-17-7-9-20-21(12-17)32-15-24-28-14-25(31)30(20)24/h3-10,12-13H,11,14-16H2,1-2H3. The van der Waals surface area contributed by atoms with E-state index in [1.165, 1.54) is 0 Å². The third-order valence-electron chi connectivity index (χ3n) is 6.10. The molecule has 3 aliphatic heterocycles. The van der Waals surface area contributed by atoms with Crippen molar-refractivity contribution >= 4 is 28.9 Å². The fourth-order valence-electron chi connectivity index (χ4n) is 4.66. The highest BCUT2D eigenvalue weighted by Crippen LogP contribution is 2.41. The van der Waals surface area contributed by atoms with Gasteiger partial charge in [-0.15, -0.1) is 0 Å². The Kier molecular flexibility index (Phi) is 4.40. The molecule has 3 aliphatic rings. The summed E-state index contributed by atoms with van der Waals surface area (Å²) in [4.78, 5) is 24.9. The highest BCUT2D eigenvalue weighted by Gasteiger charge is 2.34. The van der Waals surface area contributed by atoms with Gasteiger partial charge in [-0.2, -0.15) is 0 Å². The van der Waals surface area contributed by atoms with Crippen molar-refractivity contribution in [1.29, 1.82) is 0 Å². The topological polar surface area (TPSA) is 67.3 Å². The van der Waals surface area contributed by atoms with Gasteiger partial charge >= 0.3 is 0 Å². The number of rotatable bonds is 3. The van der Waals surface area contributed by atoms with E-state index < -0.39 is 0 Å². The molecule has 3 aromatic rings. The summed E-state index contributed by atoms with van der Waals surface area (Å²) < 4.78 is 12.2. The van der Waals surface area contributed by atoms with Crippen LogP contribution in [0.25, 0.3) is 0 Å². The number of carbonyl (C=O) groups excluding carboxylic acids is 1. The number of nitrogens with zero attached hydrogens (tertiary/aromatic N) is 4. The molecule has 166 valence electrons. The van der Waals surface area contributed by atoms with Gasteiger partial charge in [0.25, 0.3) is 5.91 Å². The van der Waals surface area contributed by atoms with Crippen LogP contribution < -0.4 is 19.3 Å². The van der Waals surface area contributed by atoms with Crippen LogP contribution in [0, 0.1) is 0 Å². The summed E-state index contributed by atoms with van der Waals surface area (Å²) in [5.74, 6) is 3.17. The number of amides is 1. The first kappa shape index (κ1) is 19.8. The van der Waals surface area contributed by atoms with Gasteiger partial charge in [0.15, 0.2) is 0 Å². The van der Waals surface area contributed by atoms with Gasteiger partial charge in [-0.25, -0.2) is 4.98 Å². The van der Waals surface area contributed by atoms with Gasteiger partial charge in [0.2, 0.25) is 0 Å². The van der Waals surface area contributed by atoms with Crippen molar-refractivity contribution in [3.8, 4) is 11.5 Å². The number of aliphatic imine (C=N–C) groups is 1. The smallest absolute Gasteiger partial charge is 0.254 e. The Labute approximate surface area is 192 Å². The minimum absolute atomic E-state index is 0.00536. The number of aromatic nitrogens is 1. The number of amidine groups is 1. The summed E-state index contributed by atoms with van der Waals surface area (Å²) in [6.07, 6.45) is 2.54. The maximum Gasteiger partial charge on any atom is 0.254 e. The van der Waals surface area contributed by atoms with Gasteiger partial charge in [-0.3, -0.25) is 14.7 Å². The second kappa shape index (κ2) is 7.33. The predicted octanol–water partition coefficient (Wildman–Crippen LogP) is 4.12. The number of anilines is 3. The van der Waals surface area contributed by atoms with Gasteiger partial charge in [0.05, 0.1) is 17.9 Å². The van der Waals surface area contributed by atoms with Gasteiger partial charge < -0.3 is 14.4 Å². The molecule has 7 heteroatoms. The molecule has 0 saturated carbocycles. The number of hydrogen-bond acceptors (Lipinski definition) is 6. The molecule has 0 N–H and O–H groups in total. The van der Waals surface area contributed by atoms with Crippen LogP contribution in [0.1, 0.15) is 25.0 Å². The Hall–Kier alpha value is -3.87. The molecule has 6 rings (SSSR count). The monoisotopic (exact) mass is 440 g/mol. The third kappa shape index (κ3) is 3.50. The average molecular weight is 441 g/mol. The van der Waals surface area contributed by atoms with E-state index in [0.29, 0.717) is 12.4 Å². The number of carbonyl (C=O) groups is 1. The van der Waals surface area contributed by atoms with Crippen molar-refractivity contribution < 1.29 is 14.3 Å². The fourth-order valence-corrected chi connectivity index (χ4v) is 4.66. The Morgan fingerprint density at radius 1 is 1.00 bits per heavy atom. The second-order valence-electron chi connectivity index (χ2n) is 9.17. The van der Waals surface area contributed by atoms with Gasteiger partial charge in [-0.05, 0) is 67.8 Å². The molecule has 33 heavy (non-hydrogen) atoms. The molecule has 4 heterocycles. The van der Waals surface area contributed by atoms with Crippen molar-refractivity contribution in [2.45, 2.75) is 25.9 Å². The minimum atomic E-state index is -0.343. The van der Waals surface area contributed by atoms with E-state index in [1.807, 2.05) is 42.6 Å². The number of benzene rings is 2. The van der Waals surface area contributed by atoms with E-state index in [-0.39, 0.29) is 18.1 Å². The normalized spacial score (nSPS) is 18.0. The average Bonchev–Trinajstić information content (AvgIpc) is 3.19. The SMILES string of the molecule is CC1(C)CN(c2ccccn2)c2ccc(Cc3ccc4c(c3)OCC3=NCC(=O)N34)cc2O1. The molecule has 0 saturated heterocycles. The summed E-state index contributed by atoms with van der Waals surface area (Å²) in [6, 6.07) is 18.3. The fraction of sp³-hybridized carbons (Fsp3) is 0.269. The Balaban J connectivity index is 1.30. The molecule has 0 radical (unpaired) electrons. The quantitative estimate of drug-likeness (QED) is 0.613. The van der Waals surface area contributed by atoms with Crippen molar-refractivity contribution in [2.75, 3.05) is 29.5 Å². The maximum atomic E-state index is 12.2. The number of fused-ring (bicyclic) bond motifs is 4. The Morgan fingerprint density at radius 2 is 1.79 bits per heavy atom. The maximum absolute atomic E-state index is 12.2. The van der Waals surface area contributed by atoms with E-state index in [1.54, 1.807) is 4.90 Å². The zero-order valence-electron chi connectivity index (χ0n) is 18.6. The molecular weight excluding hydrogens is 416 g/mol. The third-order valence-corrected chi connectivity index (χ3v) is 6.10. The molecule has 0 atom stereocenters. The highest BCUT2D eigenvalue weighted by molar-refractivity contribution is 6.23. The largest absolute Gasteiger partial charge is 0.484 e. The highest BCUT2D eigenvalue weighted by atomic mass is 16.5. The van der Waals surface area contributed by atoms with Crippen molar-refractivity contribution in [2.24, 2.45) is 4.99 Å². The lowest BCUT2D eigenvalue weighted by Crippen LogP contribution is -2.45. The van der Waals surface area contributed by atoms with Gasteiger partial charge in [0, 0.05) is 6.20 Å².